The Hall–Kier alpha value is -2.40. The summed E-state index contributed by atoms with van der Waals surface area (Å²) in [6, 6.07) is -0.183. The monoisotopic (exact) mass is 595 g/mol. The molecule has 0 bridgehead atoms. The molecule has 0 aliphatic heterocycles. The number of ether oxygens (including phenoxy) is 3. The fraction of sp³-hybridized carbons (Fsp3) is 0.750. The van der Waals surface area contributed by atoms with Crippen LogP contribution in [0, 0.1) is 5.92 Å². The van der Waals surface area contributed by atoms with Crippen LogP contribution >= 0.6 is 8.22 Å². The number of carbonyl (C=O) groups excluding carboxylic acids is 2. The molecule has 12 nitrogen and oxygen atoms in total. The van der Waals surface area contributed by atoms with Crippen molar-refractivity contribution in [3.63, 3.8) is 0 Å². The van der Waals surface area contributed by atoms with Crippen molar-refractivity contribution < 1.29 is 23.8 Å². The molecular formula is C28H50N7O5P. The van der Waals surface area contributed by atoms with Crippen LogP contribution in [0.25, 0.3) is 11.2 Å². The van der Waals surface area contributed by atoms with Gasteiger partial charge < -0.3 is 24.5 Å². The highest BCUT2D eigenvalue weighted by Gasteiger charge is 2.34. The molecule has 0 aliphatic rings. The Kier molecular flexibility index (Phi) is 14.3. The van der Waals surface area contributed by atoms with Gasteiger partial charge in [-0.1, -0.05) is 40.0 Å². The molecule has 2 rings (SSSR count). The first-order chi connectivity index (χ1) is 19.3. The van der Waals surface area contributed by atoms with Crippen molar-refractivity contribution in [3.05, 3.63) is 12.7 Å². The molecule has 2 aromatic heterocycles. The van der Waals surface area contributed by atoms with Crippen molar-refractivity contribution in [2.75, 3.05) is 18.7 Å². The first-order valence-corrected chi connectivity index (χ1v) is 16.1. The van der Waals surface area contributed by atoms with E-state index in [0.29, 0.717) is 30.1 Å². The predicted molar refractivity (Wildman–Crippen MR) is 162 cm³/mol. The highest BCUT2D eigenvalue weighted by atomic mass is 31.1. The van der Waals surface area contributed by atoms with Gasteiger partial charge in [0.1, 0.15) is 17.4 Å². The molecule has 0 spiro atoms. The maximum absolute atomic E-state index is 13.0. The standard InChI is InChI=1S/C28H50N7O5P/c1-9-10-11-12-13-38-27(37)28(7,8)34-41(33-22(19(2)3)14-23(36)40-20(4)5)18-39-21(6)15-35-17-32-24-25(29)30-16-31-26(24)35/h16-17,19-22,33-34H,9-15,18H2,1-8H3,(H2,29,30,31)/t21?,22?,41-/m1/s1. The fourth-order valence-electron chi connectivity index (χ4n) is 4.04. The van der Waals surface area contributed by atoms with E-state index in [1.165, 1.54) is 6.33 Å². The molecule has 0 radical (unpaired) electrons. The number of unbranched alkanes of at least 4 members (excludes halogenated alkanes) is 3. The van der Waals surface area contributed by atoms with Gasteiger partial charge in [-0.3, -0.25) is 19.8 Å². The lowest BCUT2D eigenvalue weighted by Crippen LogP contribution is -2.49. The minimum absolute atomic E-state index is 0.134. The zero-order chi connectivity index (χ0) is 30.6. The Morgan fingerprint density at radius 2 is 1.83 bits per heavy atom. The van der Waals surface area contributed by atoms with Gasteiger partial charge in [0, 0.05) is 6.04 Å². The molecule has 4 N–H and O–H groups in total. The molecule has 232 valence electrons. The molecule has 2 heterocycles. The fourth-order valence-corrected chi connectivity index (χ4v) is 6.21. The summed E-state index contributed by atoms with van der Waals surface area (Å²) in [5, 5.41) is 7.01. The van der Waals surface area contributed by atoms with Gasteiger partial charge in [0.05, 0.1) is 52.7 Å². The van der Waals surface area contributed by atoms with E-state index in [1.807, 2.05) is 39.2 Å². The number of nitrogens with two attached hydrogens (primary N) is 1. The molecule has 2 aromatic rings. The lowest BCUT2D eigenvalue weighted by Gasteiger charge is -2.34. The molecule has 41 heavy (non-hydrogen) atoms. The minimum atomic E-state index is -1.26. The van der Waals surface area contributed by atoms with Crippen LogP contribution in [0.5, 0.6) is 0 Å². The lowest BCUT2D eigenvalue weighted by atomic mass is 10.0. The van der Waals surface area contributed by atoms with E-state index in [1.54, 1.807) is 20.2 Å². The van der Waals surface area contributed by atoms with Crippen LogP contribution in [0.4, 0.5) is 5.82 Å². The van der Waals surface area contributed by atoms with Crippen LogP contribution in [0.2, 0.25) is 0 Å². The van der Waals surface area contributed by atoms with Crippen LogP contribution in [0.15, 0.2) is 12.7 Å². The van der Waals surface area contributed by atoms with Crippen LogP contribution in [0.1, 0.15) is 87.5 Å². The lowest BCUT2D eigenvalue weighted by molar-refractivity contribution is -0.150. The maximum Gasteiger partial charge on any atom is 0.326 e. The van der Waals surface area contributed by atoms with Gasteiger partial charge in [0.15, 0.2) is 11.5 Å². The topological polar surface area (TPSA) is 156 Å². The number of rotatable bonds is 19. The third kappa shape index (κ3) is 11.8. The largest absolute Gasteiger partial charge is 0.464 e. The van der Waals surface area contributed by atoms with Crippen molar-refractivity contribution in [2.45, 2.75) is 118 Å². The number of imidazole rings is 1. The summed E-state index contributed by atoms with van der Waals surface area (Å²) in [6.07, 6.45) is 7.29. The zero-order valence-electron chi connectivity index (χ0n) is 26.0. The van der Waals surface area contributed by atoms with E-state index < -0.39 is 13.8 Å². The molecule has 0 aliphatic carbocycles. The van der Waals surface area contributed by atoms with E-state index in [4.69, 9.17) is 19.9 Å². The van der Waals surface area contributed by atoms with Crippen LogP contribution in [-0.4, -0.2) is 68.2 Å². The molecule has 0 fully saturated rings. The number of aromatic nitrogens is 4. The predicted octanol–water partition coefficient (Wildman–Crippen LogP) is 4.53. The summed E-state index contributed by atoms with van der Waals surface area (Å²) < 4.78 is 19.1. The summed E-state index contributed by atoms with van der Waals surface area (Å²) in [4.78, 5) is 38.1. The molecule has 0 amide bonds. The SMILES string of the molecule is CCCCCCOC(=O)C(C)(C)N[P@](COC(C)Cn1cnc2c(N)ncnc21)NC(CC(=O)OC(C)C)C(C)C. The maximum atomic E-state index is 13.0. The van der Waals surface area contributed by atoms with E-state index in [9.17, 15) is 9.59 Å². The minimum Gasteiger partial charge on any atom is -0.464 e. The molecular weight excluding hydrogens is 545 g/mol. The molecule has 0 saturated carbocycles. The average molecular weight is 596 g/mol. The summed E-state index contributed by atoms with van der Waals surface area (Å²) in [6.45, 7) is 16.4. The summed E-state index contributed by atoms with van der Waals surface area (Å²) in [5.74, 6) is -0.127. The average Bonchev–Trinajstić information content (AvgIpc) is 3.29. The molecule has 2 unspecified atom stereocenters. The number of esters is 2. The Morgan fingerprint density at radius 1 is 1.10 bits per heavy atom. The van der Waals surface area contributed by atoms with Crippen LogP contribution in [0.3, 0.4) is 0 Å². The number of fused-ring (bicyclic) bond motifs is 1. The van der Waals surface area contributed by atoms with E-state index in [0.717, 1.165) is 25.7 Å². The number of nitrogen functional groups attached to an aromatic ring is 1. The van der Waals surface area contributed by atoms with Gasteiger partial charge in [0.2, 0.25) is 0 Å². The van der Waals surface area contributed by atoms with Gasteiger partial charge in [-0.25, -0.2) is 15.0 Å². The number of hydrogen-bond donors (Lipinski definition) is 3. The third-order valence-electron chi connectivity index (χ3n) is 6.41. The van der Waals surface area contributed by atoms with Gasteiger partial charge in [-0.05, 0) is 47.0 Å². The number of nitrogens with zero attached hydrogens (tertiary/aromatic N) is 4. The zero-order valence-corrected chi connectivity index (χ0v) is 26.9. The van der Waals surface area contributed by atoms with E-state index >= 15 is 0 Å². The van der Waals surface area contributed by atoms with Crippen molar-refractivity contribution in [2.24, 2.45) is 5.92 Å². The second kappa shape index (κ2) is 16.9. The van der Waals surface area contributed by atoms with E-state index in [2.05, 4.69) is 32.1 Å². The molecule has 13 heteroatoms. The Balaban J connectivity index is 2.11. The Labute approximate surface area is 245 Å². The van der Waals surface area contributed by atoms with Crippen LogP contribution < -0.4 is 15.9 Å². The second-order valence-electron chi connectivity index (χ2n) is 11.5. The highest BCUT2D eigenvalue weighted by Crippen LogP contribution is 2.33. The van der Waals surface area contributed by atoms with Gasteiger partial charge in [-0.2, -0.15) is 0 Å². The highest BCUT2D eigenvalue weighted by molar-refractivity contribution is 7.53. The summed E-state index contributed by atoms with van der Waals surface area (Å²) >= 11 is 0. The molecule has 0 aromatic carbocycles. The second-order valence-corrected chi connectivity index (χ2v) is 13.1. The molecule has 3 atom stereocenters. The summed E-state index contributed by atoms with van der Waals surface area (Å²) in [5.41, 5.74) is 6.14. The summed E-state index contributed by atoms with van der Waals surface area (Å²) in [7, 11) is -1.26. The van der Waals surface area contributed by atoms with Crippen molar-refractivity contribution in [1.82, 2.24) is 29.7 Å². The first kappa shape index (κ1) is 34.8. The van der Waals surface area contributed by atoms with Crippen molar-refractivity contribution in [3.8, 4) is 0 Å². The first-order valence-electron chi connectivity index (χ1n) is 14.5. The Morgan fingerprint density at radius 3 is 2.49 bits per heavy atom. The third-order valence-corrected chi connectivity index (χ3v) is 8.29. The number of carbonyl (C=O) groups is 2. The number of hydrogen-bond acceptors (Lipinski definition) is 11. The quantitative estimate of drug-likeness (QED) is 0.119. The van der Waals surface area contributed by atoms with E-state index in [-0.39, 0.29) is 48.9 Å². The normalized spacial score (nSPS) is 14.4. The van der Waals surface area contributed by atoms with Crippen molar-refractivity contribution in [1.29, 1.82) is 0 Å². The van der Waals surface area contributed by atoms with Gasteiger partial charge in [-0.15, -0.1) is 0 Å². The smallest absolute Gasteiger partial charge is 0.326 e. The van der Waals surface area contributed by atoms with Gasteiger partial charge in [0.25, 0.3) is 0 Å². The Bertz CT molecular complexity index is 1090. The molecule has 0 saturated heterocycles. The number of nitrogens with one attached hydrogen (secondary N) is 2. The number of anilines is 1. The van der Waals surface area contributed by atoms with Crippen LogP contribution in [-0.2, 0) is 30.3 Å². The van der Waals surface area contributed by atoms with Gasteiger partial charge >= 0.3 is 11.9 Å². The van der Waals surface area contributed by atoms with Crippen molar-refractivity contribution >= 4 is 37.1 Å².